The summed E-state index contributed by atoms with van der Waals surface area (Å²) in [5.41, 5.74) is 0.572. The first-order valence-electron chi connectivity index (χ1n) is 5.45. The first kappa shape index (κ1) is 14.2. The molecule has 0 fully saturated rings. The molecule has 0 amide bonds. The van der Waals surface area contributed by atoms with Crippen LogP contribution in [0.4, 0.5) is 4.39 Å². The van der Waals surface area contributed by atoms with Gasteiger partial charge in [-0.25, -0.2) is 22.7 Å². The minimum Gasteiger partial charge on any atom is -0.478 e. The number of nitrogens with two attached hydrogens (primary N) is 1. The van der Waals surface area contributed by atoms with Crippen molar-refractivity contribution in [1.29, 1.82) is 0 Å². The molecule has 0 aromatic heterocycles. The Morgan fingerprint density at radius 2 is 1.60 bits per heavy atom. The first-order valence-corrected chi connectivity index (χ1v) is 7.00. The summed E-state index contributed by atoms with van der Waals surface area (Å²) in [6.45, 7) is 0. The highest BCUT2D eigenvalue weighted by Crippen LogP contribution is 2.23. The summed E-state index contributed by atoms with van der Waals surface area (Å²) in [6.07, 6.45) is 0. The average molecular weight is 295 g/mol. The third-order valence-corrected chi connectivity index (χ3v) is 3.64. The molecule has 2 aromatic rings. The molecular weight excluding hydrogens is 285 g/mol. The van der Waals surface area contributed by atoms with E-state index in [9.17, 15) is 17.6 Å². The molecule has 0 unspecified atom stereocenters. The van der Waals surface area contributed by atoms with E-state index in [4.69, 9.17) is 10.2 Å². The van der Waals surface area contributed by atoms with Gasteiger partial charge in [0.15, 0.2) is 0 Å². The van der Waals surface area contributed by atoms with Crippen molar-refractivity contribution in [3.63, 3.8) is 0 Å². The van der Waals surface area contributed by atoms with E-state index < -0.39 is 27.4 Å². The molecule has 5 nitrogen and oxygen atoms in total. The summed E-state index contributed by atoms with van der Waals surface area (Å²) in [5.74, 6) is -2.20. The van der Waals surface area contributed by atoms with Crippen molar-refractivity contribution >= 4 is 16.0 Å². The zero-order valence-corrected chi connectivity index (χ0v) is 10.9. The molecule has 20 heavy (non-hydrogen) atoms. The lowest BCUT2D eigenvalue weighted by molar-refractivity contribution is 0.0692. The van der Waals surface area contributed by atoms with Crippen LogP contribution in [0.1, 0.15) is 10.4 Å². The van der Waals surface area contributed by atoms with Crippen LogP contribution in [0.15, 0.2) is 47.4 Å². The number of carbonyl (C=O) groups is 1. The van der Waals surface area contributed by atoms with Crippen LogP contribution >= 0.6 is 0 Å². The van der Waals surface area contributed by atoms with Crippen molar-refractivity contribution < 1.29 is 22.7 Å². The lowest BCUT2D eigenvalue weighted by atomic mass is 10.0. The van der Waals surface area contributed by atoms with E-state index >= 15 is 0 Å². The number of carboxylic acids is 1. The topological polar surface area (TPSA) is 97.5 Å². The highest BCUT2D eigenvalue weighted by molar-refractivity contribution is 7.89. The zero-order valence-electron chi connectivity index (χ0n) is 10.1. The summed E-state index contributed by atoms with van der Waals surface area (Å²) >= 11 is 0. The molecule has 3 N–H and O–H groups in total. The predicted molar refractivity (Wildman–Crippen MR) is 70.2 cm³/mol. The Kier molecular flexibility index (Phi) is 3.56. The van der Waals surface area contributed by atoms with Gasteiger partial charge in [-0.1, -0.05) is 18.2 Å². The molecule has 2 aromatic carbocycles. The Hall–Kier alpha value is -2.25. The summed E-state index contributed by atoms with van der Waals surface area (Å²) in [4.78, 5) is 10.8. The molecule has 0 saturated carbocycles. The molecule has 0 heterocycles. The SMILES string of the molecule is NS(=O)(=O)c1ccc(-c2ccc(F)c(C(=O)O)c2)cc1. The number of primary sulfonamides is 1. The highest BCUT2D eigenvalue weighted by Gasteiger charge is 2.12. The largest absolute Gasteiger partial charge is 0.478 e. The Morgan fingerprint density at radius 3 is 2.10 bits per heavy atom. The fourth-order valence-corrected chi connectivity index (χ4v) is 2.22. The lowest BCUT2D eigenvalue weighted by Gasteiger charge is -2.05. The van der Waals surface area contributed by atoms with E-state index in [1.165, 1.54) is 36.4 Å². The van der Waals surface area contributed by atoms with Gasteiger partial charge in [-0.05, 0) is 35.4 Å². The molecule has 0 radical (unpaired) electrons. The van der Waals surface area contributed by atoms with Gasteiger partial charge in [0, 0.05) is 0 Å². The summed E-state index contributed by atoms with van der Waals surface area (Å²) in [5, 5.41) is 13.8. The Labute approximate surface area is 114 Å². The van der Waals surface area contributed by atoms with Gasteiger partial charge < -0.3 is 5.11 Å². The number of hydrogen-bond acceptors (Lipinski definition) is 3. The van der Waals surface area contributed by atoms with Crippen molar-refractivity contribution in [2.45, 2.75) is 4.90 Å². The third-order valence-electron chi connectivity index (χ3n) is 2.71. The van der Waals surface area contributed by atoms with Crippen LogP contribution in [-0.4, -0.2) is 19.5 Å². The third kappa shape index (κ3) is 2.84. The van der Waals surface area contributed by atoms with Gasteiger partial charge >= 0.3 is 5.97 Å². The first-order chi connectivity index (χ1) is 9.29. The minimum absolute atomic E-state index is 0.0539. The van der Waals surface area contributed by atoms with Crippen molar-refractivity contribution in [3.05, 3.63) is 53.8 Å². The molecule has 2 rings (SSSR count). The number of hydrogen-bond donors (Lipinski definition) is 2. The van der Waals surface area contributed by atoms with Crippen molar-refractivity contribution in [2.24, 2.45) is 5.14 Å². The molecule has 0 aliphatic carbocycles. The van der Waals surface area contributed by atoms with E-state index in [0.29, 0.717) is 11.1 Å². The number of benzene rings is 2. The van der Waals surface area contributed by atoms with Gasteiger partial charge in [0.05, 0.1) is 10.5 Å². The summed E-state index contributed by atoms with van der Waals surface area (Å²) < 4.78 is 35.5. The standard InChI is InChI=1S/C13H10FNO4S/c14-12-6-3-9(7-11(12)13(16)17)8-1-4-10(5-2-8)20(15,18)19/h1-7H,(H,16,17)(H2,15,18,19). The second kappa shape index (κ2) is 5.03. The molecule has 0 bridgehead atoms. The van der Waals surface area contributed by atoms with Crippen LogP contribution < -0.4 is 5.14 Å². The van der Waals surface area contributed by atoms with Crippen molar-refractivity contribution in [3.8, 4) is 11.1 Å². The number of sulfonamides is 1. The Balaban J connectivity index is 2.47. The fraction of sp³-hybridized carbons (Fsp3) is 0. The van der Waals surface area contributed by atoms with Gasteiger partial charge in [-0.2, -0.15) is 0 Å². The van der Waals surface area contributed by atoms with Gasteiger partial charge in [0.1, 0.15) is 5.82 Å². The summed E-state index contributed by atoms with van der Waals surface area (Å²) in [7, 11) is -3.78. The molecule has 0 atom stereocenters. The molecule has 0 aliphatic heterocycles. The lowest BCUT2D eigenvalue weighted by Crippen LogP contribution is -2.11. The normalized spacial score (nSPS) is 11.3. The van der Waals surface area contributed by atoms with E-state index in [0.717, 1.165) is 6.07 Å². The van der Waals surface area contributed by atoms with Gasteiger partial charge in [-0.3, -0.25) is 0 Å². The van der Waals surface area contributed by atoms with Gasteiger partial charge in [0.25, 0.3) is 0 Å². The summed E-state index contributed by atoms with van der Waals surface area (Å²) in [6, 6.07) is 9.18. The molecule has 0 aliphatic rings. The number of carboxylic acid groups (broad SMARTS) is 1. The molecule has 7 heteroatoms. The molecular formula is C13H10FNO4S. The number of aromatic carboxylic acids is 1. The smallest absolute Gasteiger partial charge is 0.338 e. The van der Waals surface area contributed by atoms with Gasteiger partial charge in [-0.15, -0.1) is 0 Å². The van der Waals surface area contributed by atoms with E-state index in [1.807, 2.05) is 0 Å². The second-order valence-corrected chi connectivity index (χ2v) is 5.63. The maximum Gasteiger partial charge on any atom is 0.338 e. The zero-order chi connectivity index (χ0) is 14.9. The maximum atomic E-state index is 13.3. The average Bonchev–Trinajstić information content (AvgIpc) is 2.38. The Morgan fingerprint density at radius 1 is 1.05 bits per heavy atom. The molecule has 0 saturated heterocycles. The number of halogens is 1. The van der Waals surface area contributed by atoms with E-state index in [-0.39, 0.29) is 4.90 Å². The van der Waals surface area contributed by atoms with Gasteiger partial charge in [0.2, 0.25) is 10.0 Å². The quantitative estimate of drug-likeness (QED) is 0.902. The second-order valence-electron chi connectivity index (χ2n) is 4.07. The van der Waals surface area contributed by atoms with E-state index in [1.54, 1.807) is 0 Å². The monoisotopic (exact) mass is 295 g/mol. The van der Waals surface area contributed by atoms with Crippen LogP contribution in [0.3, 0.4) is 0 Å². The van der Waals surface area contributed by atoms with Crippen molar-refractivity contribution in [2.75, 3.05) is 0 Å². The Bertz CT molecular complexity index is 769. The molecule has 104 valence electrons. The minimum atomic E-state index is -3.78. The van der Waals surface area contributed by atoms with Crippen molar-refractivity contribution in [1.82, 2.24) is 0 Å². The van der Waals surface area contributed by atoms with Crippen LogP contribution in [0.5, 0.6) is 0 Å². The van der Waals surface area contributed by atoms with Crippen LogP contribution in [0, 0.1) is 5.82 Å². The number of rotatable bonds is 3. The van der Waals surface area contributed by atoms with E-state index in [2.05, 4.69) is 0 Å². The maximum absolute atomic E-state index is 13.3. The van der Waals surface area contributed by atoms with Crippen LogP contribution in [0.2, 0.25) is 0 Å². The predicted octanol–water partition coefficient (Wildman–Crippen LogP) is 1.84. The van der Waals surface area contributed by atoms with Crippen LogP contribution in [0.25, 0.3) is 11.1 Å². The molecule has 0 spiro atoms. The van der Waals surface area contributed by atoms with Crippen LogP contribution in [-0.2, 0) is 10.0 Å². The highest BCUT2D eigenvalue weighted by atomic mass is 32.2. The fourth-order valence-electron chi connectivity index (χ4n) is 1.71.